The van der Waals surface area contributed by atoms with Gasteiger partial charge in [-0.25, -0.2) is 26.7 Å². The van der Waals surface area contributed by atoms with E-state index >= 15 is 0 Å². The number of anilines is 1. The van der Waals surface area contributed by atoms with Crippen molar-refractivity contribution >= 4 is 11.7 Å². The number of carboxylic acid groups (broad SMARTS) is 1. The fourth-order valence-electron chi connectivity index (χ4n) is 2.01. The van der Waals surface area contributed by atoms with Gasteiger partial charge < -0.3 is 15.2 Å². The fourth-order valence-corrected chi connectivity index (χ4v) is 2.01. The van der Waals surface area contributed by atoms with E-state index in [2.05, 4.69) is 5.32 Å². The van der Waals surface area contributed by atoms with Crippen molar-refractivity contribution in [2.24, 2.45) is 0 Å². The predicted octanol–water partition coefficient (Wildman–Crippen LogP) is 2.43. The van der Waals surface area contributed by atoms with Crippen LogP contribution in [0.1, 0.15) is 12.8 Å². The van der Waals surface area contributed by atoms with Gasteiger partial charge in [-0.15, -0.1) is 0 Å². The van der Waals surface area contributed by atoms with Gasteiger partial charge in [0, 0.05) is 6.54 Å². The van der Waals surface area contributed by atoms with Crippen LogP contribution in [-0.2, 0) is 9.53 Å². The number of hydrogen-bond acceptors (Lipinski definition) is 3. The van der Waals surface area contributed by atoms with Gasteiger partial charge in [-0.3, -0.25) is 0 Å². The first kappa shape index (κ1) is 15.5. The molecular weight excluding hydrogens is 301 g/mol. The third-order valence-electron chi connectivity index (χ3n) is 3.10. The molecule has 21 heavy (non-hydrogen) atoms. The van der Waals surface area contributed by atoms with Crippen molar-refractivity contribution in [3.63, 3.8) is 0 Å². The summed E-state index contributed by atoms with van der Waals surface area (Å²) in [6.07, 6.45) is -1.23. The maximum atomic E-state index is 13.4. The summed E-state index contributed by atoms with van der Waals surface area (Å²) >= 11 is 0. The molecule has 116 valence electrons. The number of carbonyl (C=O) groups is 1. The van der Waals surface area contributed by atoms with Crippen molar-refractivity contribution in [2.45, 2.75) is 25.0 Å². The van der Waals surface area contributed by atoms with Crippen LogP contribution in [0.4, 0.5) is 27.6 Å². The number of ether oxygens (including phenoxy) is 1. The van der Waals surface area contributed by atoms with Gasteiger partial charge >= 0.3 is 5.97 Å². The molecule has 2 rings (SSSR count). The van der Waals surface area contributed by atoms with Gasteiger partial charge in [0.25, 0.3) is 0 Å². The van der Waals surface area contributed by atoms with Gasteiger partial charge in [0.2, 0.25) is 5.82 Å². The smallest absolute Gasteiger partial charge is 0.332 e. The number of aliphatic carboxylic acids is 1. The van der Waals surface area contributed by atoms with Gasteiger partial charge in [0.05, 0.1) is 6.10 Å². The topological polar surface area (TPSA) is 58.6 Å². The summed E-state index contributed by atoms with van der Waals surface area (Å²) < 4.78 is 70.5. The summed E-state index contributed by atoms with van der Waals surface area (Å²) in [5.41, 5.74) is -1.16. The zero-order chi connectivity index (χ0) is 15.7. The summed E-state index contributed by atoms with van der Waals surface area (Å²) in [5.74, 6) is -11.5. The van der Waals surface area contributed by atoms with Crippen LogP contribution in [0.5, 0.6) is 0 Å². The van der Waals surface area contributed by atoms with Crippen LogP contribution in [0.25, 0.3) is 0 Å². The average molecular weight is 311 g/mol. The Balaban J connectivity index is 2.10. The second-order valence-corrected chi connectivity index (χ2v) is 4.49. The van der Waals surface area contributed by atoms with Gasteiger partial charge in [0.15, 0.2) is 29.4 Å². The predicted molar refractivity (Wildman–Crippen MR) is 60.3 cm³/mol. The van der Waals surface area contributed by atoms with Crippen molar-refractivity contribution in [2.75, 3.05) is 11.9 Å². The normalized spacial score (nSPS) is 21.6. The Morgan fingerprint density at radius 3 is 2.05 bits per heavy atom. The lowest BCUT2D eigenvalue weighted by molar-refractivity contribution is -0.149. The van der Waals surface area contributed by atoms with Crippen LogP contribution in [0.3, 0.4) is 0 Å². The largest absolute Gasteiger partial charge is 0.479 e. The molecule has 1 aromatic rings. The molecule has 0 spiro atoms. The Morgan fingerprint density at radius 1 is 1.05 bits per heavy atom. The molecule has 1 aliphatic heterocycles. The molecule has 0 aromatic heterocycles. The Hall–Kier alpha value is -1.90. The van der Waals surface area contributed by atoms with Gasteiger partial charge in [0.1, 0.15) is 5.69 Å². The van der Waals surface area contributed by atoms with E-state index < -0.39 is 53.0 Å². The highest BCUT2D eigenvalue weighted by atomic mass is 19.2. The highest BCUT2D eigenvalue weighted by Gasteiger charge is 2.31. The molecule has 0 radical (unpaired) electrons. The second kappa shape index (κ2) is 5.84. The van der Waals surface area contributed by atoms with Crippen LogP contribution in [0, 0.1) is 29.1 Å². The quantitative estimate of drug-likeness (QED) is 0.509. The summed E-state index contributed by atoms with van der Waals surface area (Å²) in [6, 6.07) is 0. The van der Waals surface area contributed by atoms with Crippen molar-refractivity contribution < 1.29 is 36.6 Å². The van der Waals surface area contributed by atoms with Crippen LogP contribution in [-0.4, -0.2) is 29.8 Å². The lowest BCUT2D eigenvalue weighted by Gasteiger charge is -2.15. The minimum atomic E-state index is -2.24. The van der Waals surface area contributed by atoms with Gasteiger partial charge in [-0.1, -0.05) is 0 Å². The first-order valence-corrected chi connectivity index (χ1v) is 5.96. The van der Waals surface area contributed by atoms with Crippen LogP contribution in [0.2, 0.25) is 0 Å². The first-order chi connectivity index (χ1) is 9.82. The maximum Gasteiger partial charge on any atom is 0.332 e. The van der Waals surface area contributed by atoms with Crippen molar-refractivity contribution in [1.82, 2.24) is 0 Å². The van der Waals surface area contributed by atoms with E-state index in [1.165, 1.54) is 0 Å². The molecule has 1 aliphatic rings. The third-order valence-corrected chi connectivity index (χ3v) is 3.10. The SMILES string of the molecule is O=C(O)C1CCC(CNc2c(F)c(F)c(F)c(F)c2F)O1. The second-order valence-electron chi connectivity index (χ2n) is 4.49. The molecule has 1 heterocycles. The highest BCUT2D eigenvalue weighted by Crippen LogP contribution is 2.28. The summed E-state index contributed by atoms with van der Waals surface area (Å²) in [4.78, 5) is 10.7. The third kappa shape index (κ3) is 2.92. The molecule has 1 fully saturated rings. The Kier molecular flexibility index (Phi) is 4.31. The summed E-state index contributed by atoms with van der Waals surface area (Å²) in [5, 5.41) is 10.8. The molecular formula is C12H10F5NO3. The molecule has 4 nitrogen and oxygen atoms in total. The lowest BCUT2D eigenvalue weighted by Crippen LogP contribution is -2.25. The molecule has 1 aromatic carbocycles. The number of rotatable bonds is 4. The van der Waals surface area contributed by atoms with Crippen LogP contribution in [0.15, 0.2) is 0 Å². The average Bonchev–Trinajstić information content (AvgIpc) is 2.92. The number of nitrogens with one attached hydrogen (secondary N) is 1. The van der Waals surface area contributed by atoms with Gasteiger partial charge in [-0.2, -0.15) is 0 Å². The minimum absolute atomic E-state index is 0.207. The Labute approximate surface area is 115 Å². The number of hydrogen-bond donors (Lipinski definition) is 2. The zero-order valence-electron chi connectivity index (χ0n) is 10.4. The molecule has 0 saturated carbocycles. The molecule has 2 N–H and O–H groups in total. The number of halogens is 5. The van der Waals surface area contributed by atoms with Crippen molar-refractivity contribution in [1.29, 1.82) is 0 Å². The minimum Gasteiger partial charge on any atom is -0.479 e. The lowest BCUT2D eigenvalue weighted by atomic mass is 10.2. The van der Waals surface area contributed by atoms with E-state index in [1.54, 1.807) is 0 Å². The molecule has 2 atom stereocenters. The molecule has 1 saturated heterocycles. The maximum absolute atomic E-state index is 13.4. The molecule has 2 unspecified atom stereocenters. The molecule has 9 heteroatoms. The van der Waals surface area contributed by atoms with E-state index in [0.717, 1.165) is 0 Å². The van der Waals surface area contributed by atoms with Crippen molar-refractivity contribution in [3.05, 3.63) is 29.1 Å². The standard InChI is InChI=1S/C12H10F5NO3/c13-6-7(14)9(16)11(10(17)8(6)15)18-3-4-1-2-5(21-4)12(19)20/h4-5,18H,1-3H2,(H,19,20). The van der Waals surface area contributed by atoms with Crippen LogP contribution < -0.4 is 5.32 Å². The molecule has 0 amide bonds. The Bertz CT molecular complexity index is 551. The van der Waals surface area contributed by atoms with E-state index in [4.69, 9.17) is 9.84 Å². The van der Waals surface area contributed by atoms with Crippen LogP contribution >= 0.6 is 0 Å². The summed E-state index contributed by atoms with van der Waals surface area (Å²) in [6.45, 7) is -0.276. The monoisotopic (exact) mass is 311 g/mol. The Morgan fingerprint density at radius 2 is 1.57 bits per heavy atom. The number of carboxylic acids is 1. The highest BCUT2D eigenvalue weighted by molar-refractivity contribution is 5.72. The first-order valence-electron chi connectivity index (χ1n) is 5.96. The number of benzene rings is 1. The summed E-state index contributed by atoms with van der Waals surface area (Å²) in [7, 11) is 0. The zero-order valence-corrected chi connectivity index (χ0v) is 10.4. The molecule has 0 aliphatic carbocycles. The van der Waals surface area contributed by atoms with Crippen molar-refractivity contribution in [3.8, 4) is 0 Å². The van der Waals surface area contributed by atoms with E-state index in [0.29, 0.717) is 6.42 Å². The molecule has 0 bridgehead atoms. The fraction of sp³-hybridized carbons (Fsp3) is 0.417. The van der Waals surface area contributed by atoms with E-state index in [1.807, 2.05) is 0 Å². The van der Waals surface area contributed by atoms with Gasteiger partial charge in [-0.05, 0) is 12.8 Å². The van der Waals surface area contributed by atoms with E-state index in [-0.39, 0.29) is 13.0 Å². The van der Waals surface area contributed by atoms with E-state index in [9.17, 15) is 26.7 Å².